The molecule has 0 saturated carbocycles. The van der Waals surface area contributed by atoms with Crippen LogP contribution in [0.3, 0.4) is 0 Å². The molecule has 0 aliphatic carbocycles. The second-order valence-corrected chi connectivity index (χ2v) is 3.73. The van der Waals surface area contributed by atoms with Crippen LogP contribution in [0, 0.1) is 0 Å². The summed E-state index contributed by atoms with van der Waals surface area (Å²) < 4.78 is 0. The minimum Gasteiger partial charge on any atom is -0.399 e. The molecule has 3 N–H and O–H groups in total. The number of rotatable bonds is 1. The van der Waals surface area contributed by atoms with Gasteiger partial charge in [0.15, 0.2) is 0 Å². The first kappa shape index (κ1) is 9.83. The second kappa shape index (κ2) is 3.46. The lowest BCUT2D eigenvalue weighted by Crippen LogP contribution is -2.46. The van der Waals surface area contributed by atoms with Gasteiger partial charge in [0.25, 0.3) is 0 Å². The molecule has 1 amide bonds. The number of carbonyl (C=O) groups is 1. The normalized spacial score (nSPS) is 19.7. The summed E-state index contributed by atoms with van der Waals surface area (Å²) in [6.45, 7) is 4.72. The van der Waals surface area contributed by atoms with E-state index < -0.39 is 0 Å². The maximum Gasteiger partial charge on any atom is 0.246 e. The van der Waals surface area contributed by atoms with Gasteiger partial charge in [-0.25, -0.2) is 0 Å². The largest absolute Gasteiger partial charge is 0.399 e. The number of nitrogens with two attached hydrogens (primary N) is 1. The molecule has 0 fully saturated rings. The van der Waals surface area contributed by atoms with Crippen LogP contribution in [0.1, 0.15) is 13.8 Å². The highest BCUT2D eigenvalue weighted by Crippen LogP contribution is 2.33. The molecule has 0 spiro atoms. The predicted octanol–water partition coefficient (Wildman–Crippen LogP) is 1.44. The van der Waals surface area contributed by atoms with E-state index in [0.29, 0.717) is 0 Å². The van der Waals surface area contributed by atoms with Crippen molar-refractivity contribution in [3.8, 4) is 0 Å². The SMILES string of the molecule is CCN1c2cc(N)ccc2NC(=O)C1C. The number of hydrogen-bond donors (Lipinski definition) is 2. The number of anilines is 3. The van der Waals surface area contributed by atoms with Gasteiger partial charge in [0, 0.05) is 12.2 Å². The molecule has 15 heavy (non-hydrogen) atoms. The first-order valence-corrected chi connectivity index (χ1v) is 5.10. The highest BCUT2D eigenvalue weighted by atomic mass is 16.2. The molecule has 1 atom stereocenters. The van der Waals surface area contributed by atoms with E-state index in [1.807, 2.05) is 30.9 Å². The standard InChI is InChI=1S/C11H15N3O/c1-3-14-7(2)11(15)13-9-5-4-8(12)6-10(9)14/h4-7H,3,12H2,1-2H3,(H,13,15). The minimum atomic E-state index is -0.135. The van der Waals surface area contributed by atoms with E-state index in [4.69, 9.17) is 5.73 Å². The summed E-state index contributed by atoms with van der Waals surface area (Å²) in [5, 5.41) is 2.86. The zero-order valence-corrected chi connectivity index (χ0v) is 8.95. The van der Waals surface area contributed by atoms with Gasteiger partial charge < -0.3 is 16.0 Å². The predicted molar refractivity (Wildman–Crippen MR) is 62.0 cm³/mol. The van der Waals surface area contributed by atoms with Gasteiger partial charge in [0.2, 0.25) is 5.91 Å². The first-order chi connectivity index (χ1) is 7.13. The Balaban J connectivity index is 2.50. The molecule has 1 aliphatic rings. The third-order valence-corrected chi connectivity index (χ3v) is 2.78. The lowest BCUT2D eigenvalue weighted by atomic mass is 10.1. The lowest BCUT2D eigenvalue weighted by molar-refractivity contribution is -0.117. The van der Waals surface area contributed by atoms with Gasteiger partial charge in [-0.2, -0.15) is 0 Å². The summed E-state index contributed by atoms with van der Waals surface area (Å²) in [6, 6.07) is 5.40. The van der Waals surface area contributed by atoms with Crippen LogP contribution in [0.4, 0.5) is 17.1 Å². The molecule has 80 valence electrons. The zero-order valence-electron chi connectivity index (χ0n) is 8.95. The smallest absolute Gasteiger partial charge is 0.246 e. The first-order valence-electron chi connectivity index (χ1n) is 5.10. The van der Waals surface area contributed by atoms with E-state index in [1.165, 1.54) is 0 Å². The quantitative estimate of drug-likeness (QED) is 0.682. The van der Waals surface area contributed by atoms with E-state index >= 15 is 0 Å². The van der Waals surface area contributed by atoms with Crippen molar-refractivity contribution >= 4 is 23.0 Å². The monoisotopic (exact) mass is 205 g/mol. The van der Waals surface area contributed by atoms with Gasteiger partial charge in [-0.3, -0.25) is 4.79 Å². The highest BCUT2D eigenvalue weighted by molar-refractivity contribution is 6.03. The summed E-state index contributed by atoms with van der Waals surface area (Å²) in [5.74, 6) is 0.0362. The Morgan fingerprint density at radius 1 is 1.53 bits per heavy atom. The number of amides is 1. The summed E-state index contributed by atoms with van der Waals surface area (Å²) in [6.07, 6.45) is 0. The number of carbonyl (C=O) groups excluding carboxylic acids is 1. The van der Waals surface area contributed by atoms with Crippen molar-refractivity contribution in [2.45, 2.75) is 19.9 Å². The maximum atomic E-state index is 11.6. The van der Waals surface area contributed by atoms with Crippen molar-refractivity contribution in [1.82, 2.24) is 0 Å². The number of fused-ring (bicyclic) bond motifs is 1. The zero-order chi connectivity index (χ0) is 11.0. The Hall–Kier alpha value is -1.71. The van der Waals surface area contributed by atoms with Crippen molar-refractivity contribution in [2.24, 2.45) is 0 Å². The van der Waals surface area contributed by atoms with Gasteiger partial charge in [0.1, 0.15) is 6.04 Å². The number of likely N-dealkylation sites (N-methyl/N-ethyl adjacent to an activating group) is 1. The molecule has 1 unspecified atom stereocenters. The van der Waals surface area contributed by atoms with E-state index in [9.17, 15) is 4.79 Å². The van der Waals surface area contributed by atoms with Crippen LogP contribution >= 0.6 is 0 Å². The van der Waals surface area contributed by atoms with Crippen LogP contribution in [-0.4, -0.2) is 18.5 Å². The third-order valence-electron chi connectivity index (χ3n) is 2.78. The van der Waals surface area contributed by atoms with Gasteiger partial charge in [-0.15, -0.1) is 0 Å². The van der Waals surface area contributed by atoms with Crippen molar-refractivity contribution in [2.75, 3.05) is 22.5 Å². The van der Waals surface area contributed by atoms with Gasteiger partial charge in [-0.05, 0) is 32.0 Å². The molecule has 0 bridgehead atoms. The Bertz CT molecular complexity index is 403. The summed E-state index contributed by atoms with van der Waals surface area (Å²) in [4.78, 5) is 13.7. The molecule has 4 nitrogen and oxygen atoms in total. The average Bonchev–Trinajstić information content (AvgIpc) is 2.21. The molecule has 2 rings (SSSR count). The third kappa shape index (κ3) is 1.52. The van der Waals surface area contributed by atoms with Crippen molar-refractivity contribution in [1.29, 1.82) is 0 Å². The highest BCUT2D eigenvalue weighted by Gasteiger charge is 2.28. The molecule has 1 aromatic carbocycles. The molecule has 0 radical (unpaired) electrons. The van der Waals surface area contributed by atoms with E-state index in [2.05, 4.69) is 5.32 Å². The number of nitrogen functional groups attached to an aromatic ring is 1. The van der Waals surface area contributed by atoms with E-state index in [0.717, 1.165) is 23.6 Å². The van der Waals surface area contributed by atoms with Crippen LogP contribution in [0.2, 0.25) is 0 Å². The molecule has 0 aromatic heterocycles. The van der Waals surface area contributed by atoms with Crippen molar-refractivity contribution in [3.63, 3.8) is 0 Å². The Morgan fingerprint density at radius 2 is 2.27 bits per heavy atom. The molecular weight excluding hydrogens is 190 g/mol. The van der Waals surface area contributed by atoms with Crippen LogP contribution in [-0.2, 0) is 4.79 Å². The van der Waals surface area contributed by atoms with Crippen molar-refractivity contribution in [3.05, 3.63) is 18.2 Å². The van der Waals surface area contributed by atoms with Crippen LogP contribution < -0.4 is 16.0 Å². The molecule has 0 saturated heterocycles. The van der Waals surface area contributed by atoms with Gasteiger partial charge >= 0.3 is 0 Å². The van der Waals surface area contributed by atoms with Gasteiger partial charge in [-0.1, -0.05) is 0 Å². The van der Waals surface area contributed by atoms with E-state index in [-0.39, 0.29) is 11.9 Å². The summed E-state index contributed by atoms with van der Waals surface area (Å²) >= 11 is 0. The van der Waals surface area contributed by atoms with Gasteiger partial charge in [0.05, 0.1) is 11.4 Å². The van der Waals surface area contributed by atoms with Crippen LogP contribution in [0.25, 0.3) is 0 Å². The molecule has 1 aliphatic heterocycles. The second-order valence-electron chi connectivity index (χ2n) is 3.73. The molecule has 1 heterocycles. The fourth-order valence-electron chi connectivity index (χ4n) is 1.92. The molecular formula is C11H15N3O. The minimum absolute atomic E-state index is 0.0362. The topological polar surface area (TPSA) is 58.4 Å². The lowest BCUT2D eigenvalue weighted by Gasteiger charge is -2.35. The van der Waals surface area contributed by atoms with Crippen molar-refractivity contribution < 1.29 is 4.79 Å². The number of nitrogens with one attached hydrogen (secondary N) is 1. The summed E-state index contributed by atoms with van der Waals surface area (Å²) in [5.41, 5.74) is 8.30. The van der Waals surface area contributed by atoms with E-state index in [1.54, 1.807) is 6.07 Å². The average molecular weight is 205 g/mol. The number of nitrogens with zero attached hydrogens (tertiary/aromatic N) is 1. The summed E-state index contributed by atoms with van der Waals surface area (Å²) in [7, 11) is 0. The Kier molecular flexibility index (Phi) is 2.26. The molecule has 4 heteroatoms. The number of hydrogen-bond acceptors (Lipinski definition) is 3. The fraction of sp³-hybridized carbons (Fsp3) is 0.364. The Morgan fingerprint density at radius 3 is 2.93 bits per heavy atom. The molecule has 1 aromatic rings. The fourth-order valence-corrected chi connectivity index (χ4v) is 1.92. The maximum absolute atomic E-state index is 11.6. The number of benzene rings is 1. The van der Waals surface area contributed by atoms with Crippen LogP contribution in [0.5, 0.6) is 0 Å². The Labute approximate surface area is 89.1 Å². The van der Waals surface area contributed by atoms with Crippen LogP contribution in [0.15, 0.2) is 18.2 Å².